The number of halogens is 3. The van der Waals surface area contributed by atoms with E-state index in [-0.39, 0.29) is 12.3 Å². The van der Waals surface area contributed by atoms with Crippen molar-refractivity contribution in [3.05, 3.63) is 0 Å². The molecule has 0 heterocycles. The highest BCUT2D eigenvalue weighted by molar-refractivity contribution is 8.01. The van der Waals surface area contributed by atoms with Crippen LogP contribution in [0.15, 0.2) is 0 Å². The fraction of sp³-hybridized carbons (Fsp3) is 0.800. The van der Waals surface area contributed by atoms with Crippen LogP contribution in [0, 0.1) is 0 Å². The van der Waals surface area contributed by atoms with Gasteiger partial charge in [-0.1, -0.05) is 0 Å². The molecule has 3 N–H and O–H groups in total. The Bertz CT molecular complexity index is 240. The van der Waals surface area contributed by atoms with Crippen LogP contribution in [0.1, 0.15) is 0 Å². The molecule has 0 bridgehead atoms. The van der Waals surface area contributed by atoms with E-state index < -0.39 is 22.2 Å². The van der Waals surface area contributed by atoms with E-state index in [0.29, 0.717) is 0 Å². The van der Waals surface area contributed by atoms with Gasteiger partial charge in [-0.2, -0.15) is 13.2 Å². The maximum absolute atomic E-state index is 11.7. The largest absolute Gasteiger partial charge is 0.472 e. The third-order valence-corrected chi connectivity index (χ3v) is 2.94. The Morgan fingerprint density at radius 3 is 2.31 bits per heavy atom. The lowest BCUT2D eigenvalue weighted by Crippen LogP contribution is -2.46. The second-order valence-corrected chi connectivity index (χ2v) is 5.42. The van der Waals surface area contributed by atoms with Gasteiger partial charge >= 0.3 is 12.1 Å². The average Bonchev–Trinajstić information content (AvgIpc) is 1.83. The van der Waals surface area contributed by atoms with Crippen LogP contribution in [0.5, 0.6) is 0 Å². The average molecular weight is 220 g/mol. The molecule has 0 spiro atoms. The number of hydrogen-bond acceptors (Lipinski definition) is 3. The maximum atomic E-state index is 11.7. The summed E-state index contributed by atoms with van der Waals surface area (Å²) in [7, 11) is -3.29. The van der Waals surface area contributed by atoms with Crippen molar-refractivity contribution in [1.82, 2.24) is 4.72 Å². The van der Waals surface area contributed by atoms with E-state index >= 15 is 0 Å². The number of carbonyl (C=O) groups excluding carboxylic acids is 1. The van der Waals surface area contributed by atoms with Gasteiger partial charge in [-0.05, 0) is 10.1 Å². The first-order valence-electron chi connectivity index (χ1n) is 3.35. The fourth-order valence-corrected chi connectivity index (χ4v) is 1.74. The van der Waals surface area contributed by atoms with Crippen LogP contribution in [-0.4, -0.2) is 34.8 Å². The monoisotopic (exact) mass is 220 g/mol. The van der Waals surface area contributed by atoms with E-state index in [0.717, 1.165) is 6.26 Å². The minimum absolute atomic E-state index is 0.0358. The fourth-order valence-electron chi connectivity index (χ4n) is 0.580. The van der Waals surface area contributed by atoms with Gasteiger partial charge in [-0.15, -0.1) is 0 Å². The molecule has 0 aromatic heterocycles. The van der Waals surface area contributed by atoms with Crippen molar-refractivity contribution >= 4 is 16.0 Å². The highest BCUT2D eigenvalue weighted by Gasteiger charge is 2.40. The summed E-state index contributed by atoms with van der Waals surface area (Å²) in [5.41, 5.74) is 4.99. The van der Waals surface area contributed by atoms with Gasteiger partial charge in [0.25, 0.3) is 0 Å². The summed E-state index contributed by atoms with van der Waals surface area (Å²) in [6.45, 7) is -0.0358. The van der Waals surface area contributed by atoms with Crippen molar-refractivity contribution in [3.63, 3.8) is 0 Å². The molecule has 0 saturated heterocycles. The Morgan fingerprint density at radius 2 is 2.00 bits per heavy atom. The lowest BCUT2D eigenvalue weighted by molar-refractivity contribution is -0.171. The third kappa shape index (κ3) is 4.83. The van der Waals surface area contributed by atoms with Gasteiger partial charge in [0.2, 0.25) is 0 Å². The number of thiol groups is 1. The van der Waals surface area contributed by atoms with Crippen LogP contribution in [0.4, 0.5) is 13.2 Å². The predicted octanol–water partition coefficient (Wildman–Crippen LogP) is -0.815. The van der Waals surface area contributed by atoms with Crippen LogP contribution < -0.4 is 10.5 Å². The Morgan fingerprint density at radius 1 is 1.54 bits per heavy atom. The number of rotatable bonds is 3. The molecule has 0 saturated carbocycles. The topological polar surface area (TPSA) is 72.2 Å². The summed E-state index contributed by atoms with van der Waals surface area (Å²) < 4.78 is 47.5. The quantitative estimate of drug-likeness (QED) is 0.544. The van der Waals surface area contributed by atoms with Gasteiger partial charge in [-0.3, -0.25) is 13.7 Å². The molecule has 1 amide bonds. The Kier molecular flexibility index (Phi) is 3.86. The van der Waals surface area contributed by atoms with E-state index in [9.17, 15) is 22.2 Å². The van der Waals surface area contributed by atoms with Crippen molar-refractivity contribution in [2.24, 2.45) is 5.73 Å². The van der Waals surface area contributed by atoms with Gasteiger partial charge in [0.15, 0.2) is 0 Å². The summed E-state index contributed by atoms with van der Waals surface area (Å²) in [5, 5.41) is 0. The lowest BCUT2D eigenvalue weighted by Gasteiger charge is -2.20. The van der Waals surface area contributed by atoms with E-state index in [1.165, 1.54) is 4.72 Å². The van der Waals surface area contributed by atoms with Crippen LogP contribution in [0.2, 0.25) is 0 Å². The maximum Gasteiger partial charge on any atom is 0.472 e. The van der Waals surface area contributed by atoms with Crippen molar-refractivity contribution < 1.29 is 22.2 Å². The predicted molar refractivity (Wildman–Crippen MR) is 43.6 cm³/mol. The first-order chi connectivity index (χ1) is 5.69. The van der Waals surface area contributed by atoms with Crippen LogP contribution >= 0.6 is 0 Å². The molecule has 8 heteroatoms. The first kappa shape index (κ1) is 12.4. The number of nitrogens with two attached hydrogens (primary N) is 1. The molecular weight excluding hydrogens is 209 g/mol. The molecule has 0 radical (unpaired) electrons. The van der Waals surface area contributed by atoms with Crippen molar-refractivity contribution in [1.29, 1.82) is 0 Å². The summed E-state index contributed by atoms with van der Waals surface area (Å²) in [6.07, 6.45) is -3.95. The van der Waals surface area contributed by atoms with Crippen LogP contribution in [-0.2, 0) is 14.9 Å². The zero-order chi connectivity index (χ0) is 10.7. The zero-order valence-corrected chi connectivity index (χ0v) is 7.78. The van der Waals surface area contributed by atoms with E-state index in [2.05, 4.69) is 0 Å². The van der Waals surface area contributed by atoms with Crippen molar-refractivity contribution in [3.8, 4) is 0 Å². The summed E-state index contributed by atoms with van der Waals surface area (Å²) >= 11 is 0. The highest BCUT2D eigenvalue weighted by Crippen LogP contribution is 2.15. The van der Waals surface area contributed by atoms with Crippen LogP contribution in [0.3, 0.4) is 0 Å². The summed E-state index contributed by atoms with van der Waals surface area (Å²) in [4.78, 5) is 10.3. The van der Waals surface area contributed by atoms with Gasteiger partial charge in [0.05, 0.1) is 0 Å². The molecule has 0 atom stereocenters. The standard InChI is InChI=1S/C5H11F3N2O2S/c1-13(12,3-2-9)10-4(11)5(6,7)8/h13H,2-3,9H2,1H3,(H,10,11,12). The second kappa shape index (κ2) is 4.05. The van der Waals surface area contributed by atoms with E-state index in [1.807, 2.05) is 0 Å². The van der Waals surface area contributed by atoms with Crippen LogP contribution in [0.25, 0.3) is 0 Å². The molecule has 80 valence electrons. The smallest absolute Gasteiger partial charge is 0.330 e. The normalized spacial score (nSPS) is 13.9. The molecule has 0 aromatic rings. The van der Waals surface area contributed by atoms with E-state index in [1.54, 1.807) is 0 Å². The molecule has 4 nitrogen and oxygen atoms in total. The summed E-state index contributed by atoms with van der Waals surface area (Å²) in [5.74, 6) is -2.33. The van der Waals surface area contributed by atoms with Gasteiger partial charge < -0.3 is 5.73 Å². The number of alkyl halides is 3. The Labute approximate surface area is 74.2 Å². The SMILES string of the molecule is C[SH](=O)(CCN)NC(=O)C(F)(F)F. The molecule has 0 fully saturated rings. The van der Waals surface area contributed by atoms with Crippen molar-refractivity contribution in [2.45, 2.75) is 6.18 Å². The lowest BCUT2D eigenvalue weighted by atomic mass is 10.6. The summed E-state index contributed by atoms with van der Waals surface area (Å²) in [6, 6.07) is 0. The molecule has 0 aliphatic carbocycles. The number of amides is 1. The molecule has 0 aliphatic rings. The molecular formula is C5H11F3N2O2S. The first-order valence-corrected chi connectivity index (χ1v) is 5.69. The zero-order valence-electron chi connectivity index (χ0n) is 6.89. The van der Waals surface area contributed by atoms with Crippen molar-refractivity contribution in [2.75, 3.05) is 18.6 Å². The highest BCUT2D eigenvalue weighted by atomic mass is 32.3. The number of carbonyl (C=O) groups is 1. The molecule has 0 aromatic carbocycles. The number of nitrogens with one attached hydrogen (secondary N) is 1. The van der Waals surface area contributed by atoms with E-state index in [4.69, 9.17) is 5.73 Å². The van der Waals surface area contributed by atoms with Gasteiger partial charge in [-0.25, -0.2) is 0 Å². The Balaban J connectivity index is 4.29. The number of hydrogen-bond donors (Lipinski definition) is 3. The Hall–Kier alpha value is -0.630. The molecule has 0 aliphatic heterocycles. The minimum Gasteiger partial charge on any atom is -0.330 e. The molecule has 0 rings (SSSR count). The van der Waals surface area contributed by atoms with Gasteiger partial charge in [0.1, 0.15) is 0 Å². The second-order valence-electron chi connectivity index (χ2n) is 2.55. The molecule has 0 unspecified atom stereocenters. The minimum atomic E-state index is -5.00. The molecule has 13 heavy (non-hydrogen) atoms. The van der Waals surface area contributed by atoms with Gasteiger partial charge in [0, 0.05) is 18.6 Å². The third-order valence-electron chi connectivity index (χ3n) is 1.15.